The van der Waals surface area contributed by atoms with E-state index in [0.717, 1.165) is 11.1 Å². The third-order valence-electron chi connectivity index (χ3n) is 3.95. The quantitative estimate of drug-likeness (QED) is 0.738. The number of benzene rings is 2. The van der Waals surface area contributed by atoms with Gasteiger partial charge in [0.2, 0.25) is 0 Å². The highest BCUT2D eigenvalue weighted by atomic mass is 19.1. The highest BCUT2D eigenvalue weighted by molar-refractivity contribution is 5.94. The van der Waals surface area contributed by atoms with Crippen LogP contribution in [0, 0.1) is 12.7 Å². The minimum absolute atomic E-state index is 0.0959. The maximum Gasteiger partial charge on any atom is 0.251 e. The lowest BCUT2D eigenvalue weighted by Crippen LogP contribution is -2.23. The average molecular weight is 353 g/mol. The van der Waals surface area contributed by atoms with Crippen LogP contribution in [0.4, 0.5) is 4.39 Å². The molecule has 1 amide bonds. The lowest BCUT2D eigenvalue weighted by Gasteiger charge is -2.10. The van der Waals surface area contributed by atoms with Gasteiger partial charge >= 0.3 is 0 Å². The molecule has 0 bridgehead atoms. The number of amides is 1. The van der Waals surface area contributed by atoms with Crippen molar-refractivity contribution in [3.05, 3.63) is 82.2 Å². The van der Waals surface area contributed by atoms with Crippen molar-refractivity contribution in [2.75, 3.05) is 7.11 Å². The van der Waals surface area contributed by atoms with Gasteiger partial charge in [-0.25, -0.2) is 4.39 Å². The standard InChI is InChI=1S/C22H24FNO2/c1-15(2)7-5-8-17-13-18(12-11-16(17)3)22(25)24-14-19-9-6-10-20(26-4)21(19)23/h5-13H,14H2,1-4H3,(H,24,25)/b8-5-. The number of nitrogens with one attached hydrogen (secondary N) is 1. The maximum atomic E-state index is 14.2. The van der Waals surface area contributed by atoms with Gasteiger partial charge in [-0.2, -0.15) is 0 Å². The number of halogens is 1. The summed E-state index contributed by atoms with van der Waals surface area (Å²) < 4.78 is 19.1. The fraction of sp³-hybridized carbons (Fsp3) is 0.227. The number of ether oxygens (including phenoxy) is 1. The topological polar surface area (TPSA) is 38.3 Å². The van der Waals surface area contributed by atoms with Gasteiger partial charge in [-0.1, -0.05) is 42.0 Å². The molecule has 0 aliphatic heterocycles. The van der Waals surface area contributed by atoms with Crippen molar-refractivity contribution in [1.29, 1.82) is 0 Å². The van der Waals surface area contributed by atoms with Gasteiger partial charge in [0, 0.05) is 17.7 Å². The number of allylic oxidation sites excluding steroid dienone is 3. The Balaban J connectivity index is 2.13. The van der Waals surface area contributed by atoms with Gasteiger partial charge in [0.05, 0.1) is 7.11 Å². The van der Waals surface area contributed by atoms with E-state index in [1.54, 1.807) is 24.3 Å². The molecule has 136 valence electrons. The number of aryl methyl sites for hydroxylation is 1. The lowest BCUT2D eigenvalue weighted by atomic mass is 10.0. The molecule has 2 aromatic rings. The van der Waals surface area contributed by atoms with Gasteiger partial charge in [0.15, 0.2) is 11.6 Å². The van der Waals surface area contributed by atoms with Crippen molar-refractivity contribution < 1.29 is 13.9 Å². The number of rotatable bonds is 6. The first-order chi connectivity index (χ1) is 12.4. The van der Waals surface area contributed by atoms with E-state index in [1.807, 2.05) is 51.1 Å². The van der Waals surface area contributed by atoms with Gasteiger partial charge < -0.3 is 10.1 Å². The maximum absolute atomic E-state index is 14.2. The highest BCUT2D eigenvalue weighted by Crippen LogP contribution is 2.20. The largest absolute Gasteiger partial charge is 0.494 e. The number of hydrogen-bond acceptors (Lipinski definition) is 2. The molecule has 2 rings (SSSR count). The molecule has 2 aromatic carbocycles. The minimum Gasteiger partial charge on any atom is -0.494 e. The van der Waals surface area contributed by atoms with Crippen molar-refractivity contribution >= 4 is 12.0 Å². The number of carbonyl (C=O) groups is 1. The first-order valence-electron chi connectivity index (χ1n) is 8.44. The van der Waals surface area contributed by atoms with Gasteiger partial charge in [-0.3, -0.25) is 4.79 Å². The second-order valence-corrected chi connectivity index (χ2v) is 6.29. The molecule has 0 radical (unpaired) electrons. The Morgan fingerprint density at radius 2 is 2.00 bits per heavy atom. The summed E-state index contributed by atoms with van der Waals surface area (Å²) in [5.41, 5.74) is 4.18. The summed E-state index contributed by atoms with van der Waals surface area (Å²) in [6.07, 6.45) is 5.95. The normalized spacial score (nSPS) is 10.7. The zero-order valence-electron chi connectivity index (χ0n) is 15.6. The van der Waals surface area contributed by atoms with E-state index in [0.29, 0.717) is 11.1 Å². The van der Waals surface area contributed by atoms with E-state index in [2.05, 4.69) is 5.32 Å². The molecule has 0 spiro atoms. The van der Waals surface area contributed by atoms with Crippen LogP contribution in [0.25, 0.3) is 6.08 Å². The van der Waals surface area contributed by atoms with Crippen LogP contribution < -0.4 is 10.1 Å². The molecule has 0 saturated carbocycles. The second-order valence-electron chi connectivity index (χ2n) is 6.29. The molecular formula is C22H24FNO2. The Hall–Kier alpha value is -2.88. The van der Waals surface area contributed by atoms with Crippen LogP contribution in [0.15, 0.2) is 54.1 Å². The van der Waals surface area contributed by atoms with Crippen LogP contribution in [0.5, 0.6) is 5.75 Å². The van der Waals surface area contributed by atoms with E-state index in [4.69, 9.17) is 4.74 Å². The monoisotopic (exact) mass is 353 g/mol. The molecule has 0 unspecified atom stereocenters. The highest BCUT2D eigenvalue weighted by Gasteiger charge is 2.11. The molecule has 0 atom stereocenters. The van der Waals surface area contributed by atoms with Crippen LogP contribution in [0.3, 0.4) is 0 Å². The van der Waals surface area contributed by atoms with Crippen molar-refractivity contribution in [3.63, 3.8) is 0 Å². The van der Waals surface area contributed by atoms with Gasteiger partial charge in [-0.15, -0.1) is 0 Å². The summed E-state index contributed by atoms with van der Waals surface area (Å²) in [5.74, 6) is -0.535. The zero-order valence-corrected chi connectivity index (χ0v) is 15.6. The molecule has 0 heterocycles. The predicted octanol–water partition coefficient (Wildman–Crippen LogP) is 5.05. The Kier molecular flexibility index (Phi) is 6.73. The van der Waals surface area contributed by atoms with Crippen LogP contribution in [0.1, 0.15) is 40.9 Å². The molecule has 1 N–H and O–H groups in total. The Labute approximate surface area is 154 Å². The van der Waals surface area contributed by atoms with Crippen molar-refractivity contribution in [2.45, 2.75) is 27.3 Å². The van der Waals surface area contributed by atoms with Crippen molar-refractivity contribution in [2.24, 2.45) is 0 Å². The van der Waals surface area contributed by atoms with Crippen LogP contribution in [0.2, 0.25) is 0 Å². The molecule has 3 nitrogen and oxygen atoms in total. The Bertz CT molecular complexity index is 849. The summed E-state index contributed by atoms with van der Waals surface area (Å²) in [5, 5.41) is 2.76. The second kappa shape index (κ2) is 8.99. The summed E-state index contributed by atoms with van der Waals surface area (Å²) in [4.78, 5) is 12.4. The summed E-state index contributed by atoms with van der Waals surface area (Å²) in [7, 11) is 1.41. The number of methoxy groups -OCH3 is 1. The number of hydrogen-bond donors (Lipinski definition) is 1. The minimum atomic E-state index is -0.454. The molecule has 0 aliphatic rings. The molecule has 0 aliphatic carbocycles. The molecule has 0 saturated heterocycles. The van der Waals surface area contributed by atoms with Gasteiger partial charge in [0.25, 0.3) is 5.91 Å². The van der Waals surface area contributed by atoms with E-state index >= 15 is 0 Å². The molecule has 0 fully saturated rings. The smallest absolute Gasteiger partial charge is 0.251 e. The summed E-state index contributed by atoms with van der Waals surface area (Å²) in [6, 6.07) is 10.4. The molecular weight excluding hydrogens is 329 g/mol. The predicted molar refractivity (Wildman–Crippen MR) is 104 cm³/mol. The first-order valence-corrected chi connectivity index (χ1v) is 8.44. The van der Waals surface area contributed by atoms with Crippen molar-refractivity contribution in [1.82, 2.24) is 5.32 Å². The summed E-state index contributed by atoms with van der Waals surface area (Å²) in [6.45, 7) is 6.14. The van der Waals surface area contributed by atoms with Crippen molar-refractivity contribution in [3.8, 4) is 5.75 Å². The van der Waals surface area contributed by atoms with E-state index in [-0.39, 0.29) is 18.2 Å². The average Bonchev–Trinajstić information content (AvgIpc) is 2.62. The Morgan fingerprint density at radius 1 is 1.23 bits per heavy atom. The van der Waals surface area contributed by atoms with Crippen LogP contribution in [-0.4, -0.2) is 13.0 Å². The molecule has 26 heavy (non-hydrogen) atoms. The van der Waals surface area contributed by atoms with Gasteiger partial charge in [0.1, 0.15) is 0 Å². The lowest BCUT2D eigenvalue weighted by molar-refractivity contribution is 0.0950. The van der Waals surface area contributed by atoms with Crippen LogP contribution in [-0.2, 0) is 6.54 Å². The third kappa shape index (κ3) is 5.06. The molecule has 4 heteroatoms. The van der Waals surface area contributed by atoms with E-state index in [1.165, 1.54) is 12.7 Å². The van der Waals surface area contributed by atoms with E-state index in [9.17, 15) is 9.18 Å². The fourth-order valence-electron chi connectivity index (χ4n) is 2.43. The van der Waals surface area contributed by atoms with E-state index < -0.39 is 5.82 Å². The fourth-order valence-corrected chi connectivity index (χ4v) is 2.43. The Morgan fingerprint density at radius 3 is 2.69 bits per heavy atom. The zero-order chi connectivity index (χ0) is 19.1. The van der Waals surface area contributed by atoms with Crippen LogP contribution >= 0.6 is 0 Å². The first kappa shape index (κ1) is 19.4. The summed E-state index contributed by atoms with van der Waals surface area (Å²) >= 11 is 0. The molecule has 0 aromatic heterocycles. The van der Waals surface area contributed by atoms with Gasteiger partial charge in [-0.05, 0) is 50.1 Å². The SMILES string of the molecule is COc1cccc(CNC(=O)c2ccc(C)c(/C=C\C=C(C)C)c2)c1F. The number of carbonyl (C=O) groups excluding carboxylic acids is 1. The third-order valence-corrected chi connectivity index (χ3v) is 3.95.